The molecule has 0 unspecified atom stereocenters. The van der Waals surface area contributed by atoms with E-state index in [2.05, 4.69) is 22.3 Å². The highest BCUT2D eigenvalue weighted by molar-refractivity contribution is 7.17. The topological polar surface area (TPSA) is 67.9 Å². The third-order valence-electron chi connectivity index (χ3n) is 5.35. The Morgan fingerprint density at radius 1 is 1.06 bits per heavy atom. The first kappa shape index (κ1) is 21.1. The van der Waals surface area contributed by atoms with Gasteiger partial charge in [-0.1, -0.05) is 30.3 Å². The van der Waals surface area contributed by atoms with Crippen LogP contribution in [0.1, 0.15) is 36.7 Å². The van der Waals surface area contributed by atoms with Crippen LogP contribution in [0.25, 0.3) is 0 Å². The van der Waals surface area contributed by atoms with Gasteiger partial charge in [-0.2, -0.15) is 0 Å². The summed E-state index contributed by atoms with van der Waals surface area (Å²) < 4.78 is 10.2. The van der Waals surface area contributed by atoms with E-state index in [-0.39, 0.29) is 5.91 Å². The first-order valence-corrected chi connectivity index (χ1v) is 10.8. The lowest BCUT2D eigenvalue weighted by molar-refractivity contribution is 0.0600. The smallest absolute Gasteiger partial charge is 0.341 e. The van der Waals surface area contributed by atoms with Crippen LogP contribution in [0.5, 0.6) is 5.75 Å². The Kier molecular flexibility index (Phi) is 6.34. The van der Waals surface area contributed by atoms with Crippen LogP contribution in [0.2, 0.25) is 0 Å². The zero-order chi connectivity index (χ0) is 21.8. The number of carbonyl (C=O) groups excluding carboxylic acids is 2. The van der Waals surface area contributed by atoms with Gasteiger partial charge in [0.25, 0.3) is 5.91 Å². The number of methoxy groups -OCH3 is 2. The van der Waals surface area contributed by atoms with Gasteiger partial charge >= 0.3 is 5.97 Å². The molecule has 6 nitrogen and oxygen atoms in total. The summed E-state index contributed by atoms with van der Waals surface area (Å²) in [5, 5.41) is 3.46. The van der Waals surface area contributed by atoms with Crippen LogP contribution in [0, 0.1) is 0 Å². The normalized spacial score (nSPS) is 13.4. The van der Waals surface area contributed by atoms with E-state index in [1.54, 1.807) is 31.4 Å². The summed E-state index contributed by atoms with van der Waals surface area (Å²) in [5.74, 6) is -0.0107. The summed E-state index contributed by atoms with van der Waals surface area (Å²) in [6.07, 6.45) is 0.738. The van der Waals surface area contributed by atoms with E-state index in [0.29, 0.717) is 21.9 Å². The number of anilines is 1. The Morgan fingerprint density at radius 3 is 2.48 bits per heavy atom. The Labute approximate surface area is 185 Å². The van der Waals surface area contributed by atoms with Crippen molar-refractivity contribution >= 4 is 28.2 Å². The van der Waals surface area contributed by atoms with Gasteiger partial charge in [0.15, 0.2) is 0 Å². The molecule has 1 aliphatic heterocycles. The summed E-state index contributed by atoms with van der Waals surface area (Å²) >= 11 is 1.45. The maximum atomic E-state index is 12.8. The molecule has 1 aliphatic rings. The van der Waals surface area contributed by atoms with Crippen molar-refractivity contribution in [2.24, 2.45) is 0 Å². The van der Waals surface area contributed by atoms with E-state index in [1.807, 2.05) is 18.2 Å². The highest BCUT2D eigenvalue weighted by atomic mass is 32.1. The Hall–Kier alpha value is -3.16. The monoisotopic (exact) mass is 436 g/mol. The number of carbonyl (C=O) groups is 2. The van der Waals surface area contributed by atoms with Crippen LogP contribution in [-0.4, -0.2) is 37.5 Å². The minimum Gasteiger partial charge on any atom is -0.497 e. The number of thiophene rings is 1. The average molecular weight is 437 g/mol. The van der Waals surface area contributed by atoms with Crippen LogP contribution < -0.4 is 10.1 Å². The molecule has 3 aromatic rings. The first-order valence-electron chi connectivity index (χ1n) is 10.0. The van der Waals surface area contributed by atoms with Gasteiger partial charge in [0.2, 0.25) is 0 Å². The number of hydrogen-bond acceptors (Lipinski definition) is 6. The quantitative estimate of drug-likeness (QED) is 0.582. The molecule has 0 aliphatic carbocycles. The maximum Gasteiger partial charge on any atom is 0.341 e. The number of nitrogens with one attached hydrogen (secondary N) is 1. The zero-order valence-corrected chi connectivity index (χ0v) is 18.3. The van der Waals surface area contributed by atoms with Crippen molar-refractivity contribution in [1.29, 1.82) is 0 Å². The fourth-order valence-corrected chi connectivity index (χ4v) is 5.03. The highest BCUT2D eigenvalue weighted by Crippen LogP contribution is 2.38. The molecule has 31 heavy (non-hydrogen) atoms. The third-order valence-corrected chi connectivity index (χ3v) is 6.49. The molecular weight excluding hydrogens is 412 g/mol. The van der Waals surface area contributed by atoms with Crippen molar-refractivity contribution in [1.82, 2.24) is 4.90 Å². The molecule has 2 aromatic carbocycles. The second kappa shape index (κ2) is 9.32. The Morgan fingerprint density at radius 2 is 1.81 bits per heavy atom. The van der Waals surface area contributed by atoms with Crippen molar-refractivity contribution in [3.05, 3.63) is 81.7 Å². The standard InChI is InChI=1S/C24H24N2O4S/c1-29-18-10-8-17(9-11-18)22(27)25-23-21(24(28)30-2)19-12-13-26(15-20(19)31-23)14-16-6-4-3-5-7-16/h3-11H,12-15H2,1-2H3,(H,25,27). The first-order chi connectivity index (χ1) is 15.1. The van der Waals surface area contributed by atoms with E-state index in [1.165, 1.54) is 24.0 Å². The second-order valence-corrected chi connectivity index (χ2v) is 8.43. The largest absolute Gasteiger partial charge is 0.497 e. The average Bonchev–Trinajstić information content (AvgIpc) is 3.16. The molecular formula is C24H24N2O4S. The van der Waals surface area contributed by atoms with Gasteiger partial charge in [0, 0.05) is 30.1 Å². The van der Waals surface area contributed by atoms with E-state index in [0.717, 1.165) is 36.5 Å². The third kappa shape index (κ3) is 4.62. The molecule has 0 atom stereocenters. The highest BCUT2D eigenvalue weighted by Gasteiger charge is 2.29. The van der Waals surface area contributed by atoms with Gasteiger partial charge in [-0.3, -0.25) is 9.69 Å². The maximum absolute atomic E-state index is 12.8. The molecule has 0 fully saturated rings. The number of benzene rings is 2. The SMILES string of the molecule is COC(=O)c1c(NC(=O)c2ccc(OC)cc2)sc2c1CCN(Cc1ccccc1)C2. The van der Waals surface area contributed by atoms with Crippen molar-refractivity contribution in [2.75, 3.05) is 26.1 Å². The molecule has 1 N–H and O–H groups in total. The van der Waals surface area contributed by atoms with Gasteiger partial charge in [0.05, 0.1) is 19.8 Å². The molecule has 1 aromatic heterocycles. The number of fused-ring (bicyclic) bond motifs is 1. The summed E-state index contributed by atoms with van der Waals surface area (Å²) in [7, 11) is 2.95. The van der Waals surface area contributed by atoms with Crippen molar-refractivity contribution in [3.63, 3.8) is 0 Å². The molecule has 0 saturated carbocycles. The minimum atomic E-state index is -0.418. The minimum absolute atomic E-state index is 0.271. The molecule has 160 valence electrons. The van der Waals surface area contributed by atoms with Gasteiger partial charge in [-0.25, -0.2) is 4.79 Å². The molecule has 0 radical (unpaired) electrons. The molecule has 0 saturated heterocycles. The molecule has 4 rings (SSSR count). The number of nitrogens with zero attached hydrogens (tertiary/aromatic N) is 1. The summed E-state index contributed by atoms with van der Waals surface area (Å²) in [5.41, 5.74) is 3.20. The number of esters is 1. The predicted molar refractivity (Wildman–Crippen MR) is 121 cm³/mol. The Bertz CT molecular complexity index is 1080. The molecule has 0 bridgehead atoms. The fourth-order valence-electron chi connectivity index (χ4n) is 3.76. The lowest BCUT2D eigenvalue weighted by atomic mass is 10.0. The number of ether oxygens (including phenoxy) is 2. The molecule has 7 heteroatoms. The number of hydrogen-bond donors (Lipinski definition) is 1. The van der Waals surface area contributed by atoms with E-state index in [4.69, 9.17) is 9.47 Å². The van der Waals surface area contributed by atoms with E-state index >= 15 is 0 Å². The van der Waals surface area contributed by atoms with Crippen LogP contribution in [0.15, 0.2) is 54.6 Å². The van der Waals surface area contributed by atoms with Crippen molar-refractivity contribution in [2.45, 2.75) is 19.5 Å². The van der Waals surface area contributed by atoms with Gasteiger partial charge in [0.1, 0.15) is 10.8 Å². The lowest BCUT2D eigenvalue weighted by Gasteiger charge is -2.27. The van der Waals surface area contributed by atoms with E-state index in [9.17, 15) is 9.59 Å². The second-order valence-electron chi connectivity index (χ2n) is 7.33. The number of amides is 1. The predicted octanol–water partition coefficient (Wildman–Crippen LogP) is 4.35. The Balaban J connectivity index is 1.57. The van der Waals surface area contributed by atoms with Gasteiger partial charge in [-0.05, 0) is 41.8 Å². The van der Waals surface area contributed by atoms with E-state index < -0.39 is 5.97 Å². The van der Waals surface area contributed by atoms with Crippen LogP contribution in [-0.2, 0) is 24.2 Å². The summed E-state index contributed by atoms with van der Waals surface area (Å²) in [6, 6.07) is 17.2. The van der Waals surface area contributed by atoms with Crippen LogP contribution >= 0.6 is 11.3 Å². The fraction of sp³-hybridized carbons (Fsp3) is 0.250. The zero-order valence-electron chi connectivity index (χ0n) is 17.5. The number of rotatable bonds is 6. The summed E-state index contributed by atoms with van der Waals surface area (Å²) in [6.45, 7) is 2.42. The summed E-state index contributed by atoms with van der Waals surface area (Å²) in [4.78, 5) is 28.8. The van der Waals surface area contributed by atoms with Crippen LogP contribution in [0.4, 0.5) is 5.00 Å². The molecule has 2 heterocycles. The van der Waals surface area contributed by atoms with Crippen molar-refractivity contribution in [3.8, 4) is 5.75 Å². The molecule has 1 amide bonds. The van der Waals surface area contributed by atoms with Crippen molar-refractivity contribution < 1.29 is 19.1 Å². The van der Waals surface area contributed by atoms with Gasteiger partial charge < -0.3 is 14.8 Å². The molecule has 0 spiro atoms. The lowest BCUT2D eigenvalue weighted by Crippen LogP contribution is -2.29. The van der Waals surface area contributed by atoms with Gasteiger partial charge in [-0.15, -0.1) is 11.3 Å². The van der Waals surface area contributed by atoms with Crippen LogP contribution in [0.3, 0.4) is 0 Å².